The van der Waals surface area contributed by atoms with Gasteiger partial charge in [-0.25, -0.2) is 4.39 Å². The molecule has 0 fully saturated rings. The lowest BCUT2D eigenvalue weighted by Gasteiger charge is -2.09. The maximum Gasteiger partial charge on any atom is 0.308 e. The lowest BCUT2D eigenvalue weighted by Crippen LogP contribution is -2.15. The van der Waals surface area contributed by atoms with Gasteiger partial charge in [-0.3, -0.25) is 14.9 Å². The summed E-state index contributed by atoms with van der Waals surface area (Å²) < 4.78 is 17.4. The Labute approximate surface area is 97.3 Å². The van der Waals surface area contributed by atoms with Gasteiger partial charge in [-0.2, -0.15) is 0 Å². The molecule has 0 spiro atoms. The Morgan fingerprint density at radius 2 is 2.24 bits per heavy atom. The minimum atomic E-state index is -0.675. The fourth-order valence-corrected chi connectivity index (χ4v) is 1.49. The minimum absolute atomic E-state index is 0.142. The van der Waals surface area contributed by atoms with Crippen molar-refractivity contribution in [2.24, 2.45) is 5.92 Å². The lowest BCUT2D eigenvalue weighted by molar-refractivity contribution is -0.385. The molecule has 6 heteroatoms. The Morgan fingerprint density at radius 3 is 2.76 bits per heavy atom. The summed E-state index contributed by atoms with van der Waals surface area (Å²) >= 11 is 0. The smallest absolute Gasteiger partial charge is 0.308 e. The van der Waals surface area contributed by atoms with Gasteiger partial charge in [0.15, 0.2) is 0 Å². The molecule has 17 heavy (non-hydrogen) atoms. The van der Waals surface area contributed by atoms with Crippen LogP contribution in [0.4, 0.5) is 10.1 Å². The molecule has 92 valence electrons. The van der Waals surface area contributed by atoms with E-state index >= 15 is 0 Å². The van der Waals surface area contributed by atoms with Crippen LogP contribution in [0.15, 0.2) is 18.2 Å². The molecule has 0 aliphatic rings. The Morgan fingerprint density at radius 1 is 1.59 bits per heavy atom. The fraction of sp³-hybridized carbons (Fsp3) is 0.364. The second-order valence-corrected chi connectivity index (χ2v) is 3.66. The second kappa shape index (κ2) is 5.38. The number of nitro groups is 1. The van der Waals surface area contributed by atoms with Crippen LogP contribution < -0.4 is 0 Å². The van der Waals surface area contributed by atoms with Crippen LogP contribution in [0.3, 0.4) is 0 Å². The van der Waals surface area contributed by atoms with Crippen molar-refractivity contribution in [1.29, 1.82) is 0 Å². The van der Waals surface area contributed by atoms with Crippen LogP contribution in [-0.2, 0) is 16.0 Å². The van der Waals surface area contributed by atoms with Crippen molar-refractivity contribution < 1.29 is 18.8 Å². The van der Waals surface area contributed by atoms with Gasteiger partial charge in [-0.15, -0.1) is 0 Å². The SMILES string of the molecule is COC(=O)C(C)Cc1ccc(F)cc1[N+](=O)[O-]. The summed E-state index contributed by atoms with van der Waals surface area (Å²) in [4.78, 5) is 21.3. The van der Waals surface area contributed by atoms with Gasteiger partial charge in [0.2, 0.25) is 0 Å². The molecule has 0 amide bonds. The first-order valence-corrected chi connectivity index (χ1v) is 4.96. The van der Waals surface area contributed by atoms with E-state index in [2.05, 4.69) is 4.74 Å². The van der Waals surface area contributed by atoms with Crippen molar-refractivity contribution in [3.8, 4) is 0 Å². The molecule has 1 aromatic carbocycles. The predicted molar refractivity (Wildman–Crippen MR) is 57.9 cm³/mol. The number of carbonyl (C=O) groups is 1. The number of hydrogen-bond donors (Lipinski definition) is 0. The number of methoxy groups -OCH3 is 1. The van der Waals surface area contributed by atoms with E-state index in [0.29, 0.717) is 5.56 Å². The van der Waals surface area contributed by atoms with Crippen LogP contribution in [0.2, 0.25) is 0 Å². The van der Waals surface area contributed by atoms with Crippen molar-refractivity contribution in [2.75, 3.05) is 7.11 Å². The van der Waals surface area contributed by atoms with Crippen LogP contribution >= 0.6 is 0 Å². The molecule has 0 aliphatic carbocycles. The van der Waals surface area contributed by atoms with E-state index in [4.69, 9.17) is 0 Å². The zero-order valence-electron chi connectivity index (χ0n) is 9.47. The Bertz CT molecular complexity index is 447. The van der Waals surface area contributed by atoms with Gasteiger partial charge in [0.1, 0.15) is 5.82 Å². The molecule has 0 aliphatic heterocycles. The molecule has 1 atom stereocenters. The molecule has 0 bridgehead atoms. The molecule has 0 saturated heterocycles. The predicted octanol–water partition coefficient (Wildman–Crippen LogP) is 2.09. The van der Waals surface area contributed by atoms with Crippen molar-refractivity contribution in [3.05, 3.63) is 39.7 Å². The van der Waals surface area contributed by atoms with Gasteiger partial charge >= 0.3 is 5.97 Å². The highest BCUT2D eigenvalue weighted by Gasteiger charge is 2.20. The molecule has 0 radical (unpaired) electrons. The molecular weight excluding hydrogens is 229 g/mol. The number of carbonyl (C=O) groups excluding carboxylic acids is 1. The molecule has 0 N–H and O–H groups in total. The minimum Gasteiger partial charge on any atom is -0.469 e. The Hall–Kier alpha value is -1.98. The van der Waals surface area contributed by atoms with Gasteiger partial charge in [0.25, 0.3) is 5.69 Å². The van der Waals surface area contributed by atoms with Crippen molar-refractivity contribution in [1.82, 2.24) is 0 Å². The summed E-state index contributed by atoms with van der Waals surface area (Å²) in [5, 5.41) is 10.7. The number of ether oxygens (including phenoxy) is 1. The van der Waals surface area contributed by atoms with Crippen LogP contribution in [0, 0.1) is 21.8 Å². The third-order valence-electron chi connectivity index (χ3n) is 2.37. The highest BCUT2D eigenvalue weighted by Crippen LogP contribution is 2.23. The number of nitro benzene ring substituents is 1. The molecule has 0 aromatic heterocycles. The third kappa shape index (κ3) is 3.24. The standard InChI is InChI=1S/C11H12FNO4/c1-7(11(14)17-2)5-8-3-4-9(12)6-10(8)13(15)16/h3-4,6-7H,5H2,1-2H3. The van der Waals surface area contributed by atoms with E-state index in [1.165, 1.54) is 13.2 Å². The average molecular weight is 241 g/mol. The number of benzene rings is 1. The highest BCUT2D eigenvalue weighted by molar-refractivity contribution is 5.72. The number of halogens is 1. The molecule has 0 heterocycles. The molecule has 5 nitrogen and oxygen atoms in total. The number of esters is 1. The van der Waals surface area contributed by atoms with Crippen LogP contribution in [0.5, 0.6) is 0 Å². The number of nitrogens with zero attached hydrogens (tertiary/aromatic N) is 1. The molecule has 1 rings (SSSR count). The van der Waals surface area contributed by atoms with Crippen LogP contribution in [-0.4, -0.2) is 18.0 Å². The maximum absolute atomic E-state index is 12.9. The lowest BCUT2D eigenvalue weighted by atomic mass is 10.00. The molecular formula is C11H12FNO4. The first kappa shape index (κ1) is 13.1. The highest BCUT2D eigenvalue weighted by atomic mass is 19.1. The Balaban J connectivity index is 2.98. The topological polar surface area (TPSA) is 69.4 Å². The van der Waals surface area contributed by atoms with Crippen LogP contribution in [0.25, 0.3) is 0 Å². The number of rotatable bonds is 4. The van der Waals surface area contributed by atoms with E-state index in [9.17, 15) is 19.3 Å². The van der Waals surface area contributed by atoms with Crippen LogP contribution in [0.1, 0.15) is 12.5 Å². The summed E-state index contributed by atoms with van der Waals surface area (Å²) in [6, 6.07) is 3.29. The van der Waals surface area contributed by atoms with Crippen molar-refractivity contribution in [2.45, 2.75) is 13.3 Å². The Kier molecular flexibility index (Phi) is 4.14. The van der Waals surface area contributed by atoms with Gasteiger partial charge in [0.05, 0.1) is 24.0 Å². The number of hydrogen-bond acceptors (Lipinski definition) is 4. The van der Waals surface area contributed by atoms with E-state index < -0.39 is 22.6 Å². The summed E-state index contributed by atoms with van der Waals surface area (Å²) in [5.74, 6) is -1.64. The summed E-state index contributed by atoms with van der Waals surface area (Å²) in [7, 11) is 1.25. The van der Waals surface area contributed by atoms with Gasteiger partial charge < -0.3 is 4.74 Å². The molecule has 0 saturated carbocycles. The first-order valence-electron chi connectivity index (χ1n) is 4.96. The normalized spacial score (nSPS) is 11.9. The zero-order chi connectivity index (χ0) is 13.0. The van der Waals surface area contributed by atoms with Crippen molar-refractivity contribution in [3.63, 3.8) is 0 Å². The summed E-state index contributed by atoms with van der Waals surface area (Å²) in [6.07, 6.45) is 0.142. The molecule has 1 unspecified atom stereocenters. The van der Waals surface area contributed by atoms with Gasteiger partial charge in [-0.1, -0.05) is 6.92 Å². The van der Waals surface area contributed by atoms with E-state index in [1.807, 2.05) is 0 Å². The summed E-state index contributed by atoms with van der Waals surface area (Å²) in [5.41, 5.74) is -0.00458. The zero-order valence-corrected chi connectivity index (χ0v) is 9.47. The van der Waals surface area contributed by atoms with Crippen molar-refractivity contribution >= 4 is 11.7 Å². The van der Waals surface area contributed by atoms with E-state index in [1.54, 1.807) is 6.92 Å². The van der Waals surface area contributed by atoms with E-state index in [0.717, 1.165) is 12.1 Å². The van der Waals surface area contributed by atoms with Gasteiger partial charge in [-0.05, 0) is 18.6 Å². The fourth-order valence-electron chi connectivity index (χ4n) is 1.49. The third-order valence-corrected chi connectivity index (χ3v) is 2.37. The second-order valence-electron chi connectivity index (χ2n) is 3.66. The quantitative estimate of drug-likeness (QED) is 0.459. The average Bonchev–Trinajstić information content (AvgIpc) is 2.29. The largest absolute Gasteiger partial charge is 0.469 e. The first-order chi connectivity index (χ1) is 7.95. The maximum atomic E-state index is 12.9. The van der Waals surface area contributed by atoms with Gasteiger partial charge in [0, 0.05) is 5.56 Å². The summed E-state index contributed by atoms with van der Waals surface area (Å²) in [6.45, 7) is 1.60. The van der Waals surface area contributed by atoms with E-state index in [-0.39, 0.29) is 12.1 Å². The molecule has 1 aromatic rings. The monoisotopic (exact) mass is 241 g/mol.